The normalized spacial score (nSPS) is 10.7. The third kappa shape index (κ3) is 4.26. The number of benzene rings is 2. The molecule has 0 bridgehead atoms. The number of fused-ring (bicyclic) bond motifs is 1. The average molecular weight is 419 g/mol. The summed E-state index contributed by atoms with van der Waals surface area (Å²) in [6, 6.07) is 12.0. The van der Waals surface area contributed by atoms with Gasteiger partial charge in [0.05, 0.1) is 31.2 Å². The molecule has 0 saturated heterocycles. The fourth-order valence-corrected chi connectivity index (χ4v) is 3.80. The van der Waals surface area contributed by atoms with E-state index in [1.54, 1.807) is 55.1 Å². The molecule has 0 aliphatic carbocycles. The Balaban J connectivity index is 1.81. The van der Waals surface area contributed by atoms with Crippen LogP contribution < -0.4 is 20.3 Å². The highest BCUT2D eigenvalue weighted by atomic mass is 35.5. The van der Waals surface area contributed by atoms with Crippen LogP contribution in [0.4, 0.5) is 5.69 Å². The maximum Gasteiger partial charge on any atom is 0.251 e. The molecule has 0 atom stereocenters. The quantitative estimate of drug-likeness (QED) is 0.614. The van der Waals surface area contributed by atoms with E-state index in [-0.39, 0.29) is 17.2 Å². The first-order valence-corrected chi connectivity index (χ1v) is 9.73. The summed E-state index contributed by atoms with van der Waals surface area (Å²) < 4.78 is 12.0. The van der Waals surface area contributed by atoms with Crippen LogP contribution in [0.1, 0.15) is 0 Å². The van der Waals surface area contributed by atoms with Crippen LogP contribution in [0.2, 0.25) is 5.02 Å². The van der Waals surface area contributed by atoms with Crippen molar-refractivity contribution in [2.45, 2.75) is 4.90 Å². The number of carbonyl (C=O) groups excluding carboxylic acids is 1. The van der Waals surface area contributed by atoms with Crippen molar-refractivity contribution in [2.75, 3.05) is 25.3 Å². The van der Waals surface area contributed by atoms with E-state index in [4.69, 9.17) is 21.1 Å². The number of methoxy groups -OCH3 is 2. The lowest BCUT2D eigenvalue weighted by Crippen LogP contribution is -2.17. The molecule has 0 saturated carbocycles. The zero-order chi connectivity index (χ0) is 20.3. The van der Waals surface area contributed by atoms with Gasteiger partial charge in [0.25, 0.3) is 5.56 Å². The van der Waals surface area contributed by atoms with Crippen LogP contribution in [0, 0.1) is 0 Å². The number of nitrogens with zero attached hydrogens (tertiary/aromatic N) is 1. The summed E-state index contributed by atoms with van der Waals surface area (Å²) >= 11 is 7.39. The molecule has 146 valence electrons. The first-order chi connectivity index (χ1) is 13.4. The Morgan fingerprint density at radius 1 is 1.14 bits per heavy atom. The van der Waals surface area contributed by atoms with Gasteiger partial charge in [-0.1, -0.05) is 11.6 Å². The molecule has 0 aliphatic heterocycles. The van der Waals surface area contributed by atoms with Gasteiger partial charge in [-0.15, -0.1) is 11.8 Å². The fraction of sp³-hybridized carbons (Fsp3) is 0.200. The van der Waals surface area contributed by atoms with Crippen molar-refractivity contribution in [1.82, 2.24) is 4.57 Å². The lowest BCUT2D eigenvalue weighted by Gasteiger charge is -2.13. The van der Waals surface area contributed by atoms with Crippen molar-refractivity contribution in [3.8, 4) is 11.5 Å². The van der Waals surface area contributed by atoms with Crippen molar-refractivity contribution in [2.24, 2.45) is 7.05 Å². The number of halogens is 1. The van der Waals surface area contributed by atoms with E-state index in [0.717, 1.165) is 10.9 Å². The molecule has 6 nitrogen and oxygen atoms in total. The van der Waals surface area contributed by atoms with Crippen LogP contribution in [0.5, 0.6) is 11.5 Å². The number of amides is 1. The number of aryl methyl sites for hydroxylation is 1. The molecule has 0 radical (unpaired) electrons. The molecular formula is C20H19ClN2O4S. The standard InChI is InChI=1S/C20H19ClN2O4S/c1-23-16-6-4-12(21)8-14(16)18(10-20(23)25)28-11-19(24)22-15-9-13(26-2)5-7-17(15)27-3/h4-10H,11H2,1-3H3,(H,22,24). The van der Waals surface area contributed by atoms with Crippen LogP contribution in [-0.4, -0.2) is 30.4 Å². The molecule has 1 N–H and O–H groups in total. The van der Waals surface area contributed by atoms with Crippen molar-refractivity contribution in [1.29, 1.82) is 0 Å². The Bertz CT molecular complexity index is 1100. The van der Waals surface area contributed by atoms with Crippen molar-refractivity contribution in [3.05, 3.63) is 57.8 Å². The molecule has 1 amide bonds. The first-order valence-electron chi connectivity index (χ1n) is 8.37. The van der Waals surface area contributed by atoms with E-state index in [0.29, 0.717) is 27.1 Å². The second-order valence-corrected chi connectivity index (χ2v) is 7.42. The number of thioether (sulfide) groups is 1. The van der Waals surface area contributed by atoms with Gasteiger partial charge in [0.15, 0.2) is 0 Å². The first kappa shape index (κ1) is 20.1. The lowest BCUT2D eigenvalue weighted by molar-refractivity contribution is -0.113. The number of hydrogen-bond donors (Lipinski definition) is 1. The summed E-state index contributed by atoms with van der Waals surface area (Å²) in [6.45, 7) is 0. The molecule has 0 fully saturated rings. The molecular weight excluding hydrogens is 400 g/mol. The molecule has 0 aliphatic rings. The van der Waals surface area contributed by atoms with Crippen molar-refractivity contribution < 1.29 is 14.3 Å². The van der Waals surface area contributed by atoms with Gasteiger partial charge >= 0.3 is 0 Å². The zero-order valence-corrected chi connectivity index (χ0v) is 17.2. The molecule has 8 heteroatoms. The summed E-state index contributed by atoms with van der Waals surface area (Å²) in [5.41, 5.74) is 1.13. The monoisotopic (exact) mass is 418 g/mol. The molecule has 3 rings (SSSR count). The summed E-state index contributed by atoms with van der Waals surface area (Å²) in [5, 5.41) is 4.21. The third-order valence-electron chi connectivity index (χ3n) is 4.21. The lowest BCUT2D eigenvalue weighted by atomic mass is 10.2. The van der Waals surface area contributed by atoms with Crippen LogP contribution in [0.25, 0.3) is 10.9 Å². The predicted octanol–water partition coefficient (Wildman–Crippen LogP) is 3.94. The van der Waals surface area contributed by atoms with Gasteiger partial charge in [-0.2, -0.15) is 0 Å². The van der Waals surface area contributed by atoms with E-state index >= 15 is 0 Å². The molecule has 2 aromatic carbocycles. The summed E-state index contributed by atoms with van der Waals surface area (Å²) in [7, 11) is 4.78. The number of nitrogens with one attached hydrogen (secondary N) is 1. The van der Waals surface area contributed by atoms with E-state index in [1.807, 2.05) is 0 Å². The number of hydrogen-bond acceptors (Lipinski definition) is 5. The van der Waals surface area contributed by atoms with Gasteiger partial charge in [-0.05, 0) is 30.3 Å². The van der Waals surface area contributed by atoms with Crippen LogP contribution >= 0.6 is 23.4 Å². The Labute approximate surface area is 171 Å². The number of ether oxygens (including phenoxy) is 2. The SMILES string of the molecule is COc1ccc(OC)c(NC(=O)CSc2cc(=O)n(C)c3ccc(Cl)cc23)c1. The Kier molecular flexibility index (Phi) is 6.16. The van der Waals surface area contributed by atoms with E-state index < -0.39 is 0 Å². The van der Waals surface area contributed by atoms with Crippen LogP contribution in [0.15, 0.2) is 52.2 Å². The van der Waals surface area contributed by atoms with Gasteiger partial charge in [0, 0.05) is 34.5 Å². The minimum atomic E-state index is -0.229. The summed E-state index contributed by atoms with van der Waals surface area (Å²) in [4.78, 5) is 25.4. The van der Waals surface area contributed by atoms with E-state index in [9.17, 15) is 9.59 Å². The average Bonchev–Trinajstić information content (AvgIpc) is 2.69. The number of carbonyl (C=O) groups is 1. The van der Waals surface area contributed by atoms with E-state index in [1.165, 1.54) is 24.9 Å². The largest absolute Gasteiger partial charge is 0.497 e. The number of anilines is 1. The van der Waals surface area contributed by atoms with Gasteiger partial charge in [-0.25, -0.2) is 0 Å². The predicted molar refractivity (Wildman–Crippen MR) is 113 cm³/mol. The minimum Gasteiger partial charge on any atom is -0.497 e. The second-order valence-electron chi connectivity index (χ2n) is 5.97. The third-order valence-corrected chi connectivity index (χ3v) is 5.50. The highest BCUT2D eigenvalue weighted by molar-refractivity contribution is 8.00. The van der Waals surface area contributed by atoms with E-state index in [2.05, 4.69) is 5.32 Å². The number of pyridine rings is 1. The molecule has 28 heavy (non-hydrogen) atoms. The molecule has 1 heterocycles. The highest BCUT2D eigenvalue weighted by Crippen LogP contribution is 2.31. The summed E-state index contributed by atoms with van der Waals surface area (Å²) in [6.07, 6.45) is 0. The molecule has 1 aromatic heterocycles. The van der Waals surface area contributed by atoms with Crippen LogP contribution in [-0.2, 0) is 11.8 Å². The van der Waals surface area contributed by atoms with Gasteiger partial charge in [-0.3, -0.25) is 9.59 Å². The van der Waals surface area contributed by atoms with Crippen LogP contribution in [0.3, 0.4) is 0 Å². The Hall–Kier alpha value is -2.64. The van der Waals surface area contributed by atoms with Crippen molar-refractivity contribution in [3.63, 3.8) is 0 Å². The van der Waals surface area contributed by atoms with Gasteiger partial charge < -0.3 is 19.4 Å². The number of aromatic nitrogens is 1. The smallest absolute Gasteiger partial charge is 0.251 e. The van der Waals surface area contributed by atoms with Gasteiger partial charge in [0.2, 0.25) is 5.91 Å². The van der Waals surface area contributed by atoms with Crippen molar-refractivity contribution >= 4 is 45.9 Å². The Morgan fingerprint density at radius 3 is 2.64 bits per heavy atom. The molecule has 0 unspecified atom stereocenters. The maximum absolute atomic E-state index is 12.5. The zero-order valence-electron chi connectivity index (χ0n) is 15.6. The number of rotatable bonds is 6. The second kappa shape index (κ2) is 8.58. The topological polar surface area (TPSA) is 69.6 Å². The summed E-state index contributed by atoms with van der Waals surface area (Å²) in [5.74, 6) is 1.03. The van der Waals surface area contributed by atoms with Gasteiger partial charge in [0.1, 0.15) is 11.5 Å². The fourth-order valence-electron chi connectivity index (χ4n) is 2.76. The molecule has 3 aromatic rings. The maximum atomic E-state index is 12.5. The highest BCUT2D eigenvalue weighted by Gasteiger charge is 2.12. The Morgan fingerprint density at radius 2 is 1.93 bits per heavy atom. The minimum absolute atomic E-state index is 0.120. The molecule has 0 spiro atoms.